The largest absolute Gasteiger partial charge is 0.456 e. The predicted octanol–water partition coefficient (Wildman–Crippen LogP) is 6.07. The molecular weight excluding hydrogens is 308 g/mol. The van der Waals surface area contributed by atoms with Crippen molar-refractivity contribution in [1.29, 1.82) is 0 Å². The van der Waals surface area contributed by atoms with E-state index in [0.29, 0.717) is 28.0 Å². The SMILES string of the molecule is C=Cc1c(C(C)C)nc2ccc(F)cc2c1Oc1ccc(F)cc1. The Balaban J connectivity index is 2.26. The molecule has 0 radical (unpaired) electrons. The third-order valence-corrected chi connectivity index (χ3v) is 3.75. The Hall–Kier alpha value is -2.75. The van der Waals surface area contributed by atoms with Crippen molar-refractivity contribution >= 4 is 17.0 Å². The number of aromatic nitrogens is 1. The highest BCUT2D eigenvalue weighted by molar-refractivity contribution is 5.90. The Labute approximate surface area is 139 Å². The first-order valence-electron chi connectivity index (χ1n) is 7.68. The maximum atomic E-state index is 13.7. The third kappa shape index (κ3) is 3.00. The summed E-state index contributed by atoms with van der Waals surface area (Å²) < 4.78 is 32.8. The van der Waals surface area contributed by atoms with Crippen LogP contribution in [-0.2, 0) is 0 Å². The van der Waals surface area contributed by atoms with Gasteiger partial charge in [0.05, 0.1) is 11.2 Å². The van der Waals surface area contributed by atoms with Gasteiger partial charge in [-0.15, -0.1) is 0 Å². The number of hydrogen-bond acceptors (Lipinski definition) is 2. The van der Waals surface area contributed by atoms with Gasteiger partial charge in [0.1, 0.15) is 23.1 Å². The van der Waals surface area contributed by atoms with Crippen LogP contribution in [0.15, 0.2) is 49.0 Å². The number of ether oxygens (including phenoxy) is 1. The van der Waals surface area contributed by atoms with E-state index in [0.717, 1.165) is 5.69 Å². The minimum atomic E-state index is -0.374. The molecule has 0 atom stereocenters. The number of benzene rings is 2. The summed E-state index contributed by atoms with van der Waals surface area (Å²) in [6.45, 7) is 7.89. The Morgan fingerprint density at radius 3 is 2.33 bits per heavy atom. The Morgan fingerprint density at radius 2 is 1.71 bits per heavy atom. The van der Waals surface area contributed by atoms with Gasteiger partial charge in [-0.05, 0) is 48.4 Å². The van der Waals surface area contributed by atoms with Crippen LogP contribution in [0.1, 0.15) is 31.0 Å². The van der Waals surface area contributed by atoms with Gasteiger partial charge in [0.15, 0.2) is 0 Å². The zero-order valence-corrected chi connectivity index (χ0v) is 13.5. The second-order valence-electron chi connectivity index (χ2n) is 5.82. The summed E-state index contributed by atoms with van der Waals surface area (Å²) in [7, 11) is 0. The van der Waals surface area contributed by atoms with Crippen molar-refractivity contribution in [1.82, 2.24) is 4.98 Å². The Bertz CT molecular complexity index is 902. The maximum Gasteiger partial charge on any atom is 0.145 e. The Kier molecular flexibility index (Phi) is 4.30. The fourth-order valence-electron chi connectivity index (χ4n) is 2.61. The molecule has 0 aliphatic heterocycles. The molecule has 0 bridgehead atoms. The number of fused-ring (bicyclic) bond motifs is 1. The summed E-state index contributed by atoms with van der Waals surface area (Å²) in [5, 5.41) is 0.554. The van der Waals surface area contributed by atoms with E-state index in [-0.39, 0.29) is 17.6 Å². The highest BCUT2D eigenvalue weighted by atomic mass is 19.1. The first kappa shape index (κ1) is 16.1. The number of halogens is 2. The summed E-state index contributed by atoms with van der Waals surface area (Å²) in [5.41, 5.74) is 2.18. The van der Waals surface area contributed by atoms with Crippen LogP contribution in [0.3, 0.4) is 0 Å². The monoisotopic (exact) mass is 325 g/mol. The van der Waals surface area contributed by atoms with Crippen molar-refractivity contribution in [3.05, 3.63) is 71.9 Å². The van der Waals surface area contributed by atoms with Gasteiger partial charge in [0, 0.05) is 10.9 Å². The van der Waals surface area contributed by atoms with Crippen LogP contribution >= 0.6 is 0 Å². The summed E-state index contributed by atoms with van der Waals surface area (Å²) in [6.07, 6.45) is 1.66. The molecule has 0 aliphatic rings. The van der Waals surface area contributed by atoms with Crippen molar-refractivity contribution in [2.45, 2.75) is 19.8 Å². The minimum Gasteiger partial charge on any atom is -0.456 e. The summed E-state index contributed by atoms with van der Waals surface area (Å²) in [5.74, 6) is 0.360. The van der Waals surface area contributed by atoms with Gasteiger partial charge in [-0.3, -0.25) is 4.98 Å². The van der Waals surface area contributed by atoms with Crippen LogP contribution in [-0.4, -0.2) is 4.98 Å². The van der Waals surface area contributed by atoms with E-state index in [4.69, 9.17) is 4.74 Å². The van der Waals surface area contributed by atoms with E-state index in [1.807, 2.05) is 13.8 Å². The van der Waals surface area contributed by atoms with Crippen molar-refractivity contribution in [3.63, 3.8) is 0 Å². The highest BCUT2D eigenvalue weighted by Gasteiger charge is 2.17. The smallest absolute Gasteiger partial charge is 0.145 e. The molecule has 0 N–H and O–H groups in total. The molecule has 24 heavy (non-hydrogen) atoms. The molecule has 3 rings (SSSR count). The lowest BCUT2D eigenvalue weighted by Crippen LogP contribution is -2.01. The molecule has 0 aliphatic carbocycles. The zero-order chi connectivity index (χ0) is 17.3. The molecule has 0 spiro atoms. The van der Waals surface area contributed by atoms with Gasteiger partial charge in [0.25, 0.3) is 0 Å². The number of rotatable bonds is 4. The molecule has 0 saturated carbocycles. The minimum absolute atomic E-state index is 0.142. The van der Waals surface area contributed by atoms with Gasteiger partial charge in [0.2, 0.25) is 0 Å². The van der Waals surface area contributed by atoms with Gasteiger partial charge in [-0.1, -0.05) is 26.5 Å². The van der Waals surface area contributed by atoms with E-state index in [9.17, 15) is 8.78 Å². The van der Waals surface area contributed by atoms with E-state index in [2.05, 4.69) is 11.6 Å². The lowest BCUT2D eigenvalue weighted by atomic mass is 10.00. The van der Waals surface area contributed by atoms with Crippen molar-refractivity contribution in [2.75, 3.05) is 0 Å². The average Bonchev–Trinajstić information content (AvgIpc) is 2.56. The molecular formula is C20H17F2NO. The molecule has 2 nitrogen and oxygen atoms in total. The maximum absolute atomic E-state index is 13.7. The molecule has 1 aromatic heterocycles. The summed E-state index contributed by atoms with van der Waals surface area (Å²) in [4.78, 5) is 4.63. The predicted molar refractivity (Wildman–Crippen MR) is 92.4 cm³/mol. The van der Waals surface area contributed by atoms with Gasteiger partial charge >= 0.3 is 0 Å². The van der Waals surface area contributed by atoms with Crippen LogP contribution < -0.4 is 4.74 Å². The van der Waals surface area contributed by atoms with E-state index < -0.39 is 0 Å². The van der Waals surface area contributed by atoms with Gasteiger partial charge in [-0.2, -0.15) is 0 Å². The molecule has 3 aromatic rings. The number of nitrogens with zero attached hydrogens (tertiary/aromatic N) is 1. The molecule has 0 amide bonds. The van der Waals surface area contributed by atoms with E-state index in [1.165, 1.54) is 36.4 Å². The van der Waals surface area contributed by atoms with Gasteiger partial charge in [-0.25, -0.2) is 8.78 Å². The standard InChI is InChI=1S/C20H17F2NO/c1-4-16-19(12(2)3)23-18-10-7-14(22)11-17(18)20(16)24-15-8-5-13(21)6-9-15/h4-12H,1H2,2-3H3. The zero-order valence-electron chi connectivity index (χ0n) is 13.5. The summed E-state index contributed by atoms with van der Waals surface area (Å²) in [6, 6.07) is 10.1. The quantitative estimate of drug-likeness (QED) is 0.580. The van der Waals surface area contributed by atoms with E-state index >= 15 is 0 Å². The fourth-order valence-corrected chi connectivity index (χ4v) is 2.61. The van der Waals surface area contributed by atoms with Crippen LogP contribution in [0.2, 0.25) is 0 Å². The molecule has 0 fully saturated rings. The fraction of sp³-hybridized carbons (Fsp3) is 0.150. The van der Waals surface area contributed by atoms with Crippen molar-refractivity contribution in [3.8, 4) is 11.5 Å². The van der Waals surface area contributed by atoms with Crippen LogP contribution in [0.4, 0.5) is 8.78 Å². The second-order valence-corrected chi connectivity index (χ2v) is 5.82. The van der Waals surface area contributed by atoms with Crippen LogP contribution in [0.5, 0.6) is 11.5 Å². The van der Waals surface area contributed by atoms with Crippen LogP contribution in [0, 0.1) is 11.6 Å². The first-order valence-corrected chi connectivity index (χ1v) is 7.68. The number of hydrogen-bond donors (Lipinski definition) is 0. The van der Waals surface area contributed by atoms with Gasteiger partial charge < -0.3 is 4.74 Å². The lowest BCUT2D eigenvalue weighted by molar-refractivity contribution is 0.482. The normalized spacial score (nSPS) is 11.0. The van der Waals surface area contributed by atoms with E-state index in [1.54, 1.807) is 12.1 Å². The number of pyridine rings is 1. The topological polar surface area (TPSA) is 22.1 Å². The molecule has 1 heterocycles. The molecule has 4 heteroatoms. The Morgan fingerprint density at radius 1 is 1.04 bits per heavy atom. The van der Waals surface area contributed by atoms with Crippen LogP contribution in [0.25, 0.3) is 17.0 Å². The first-order chi connectivity index (χ1) is 11.5. The highest BCUT2D eigenvalue weighted by Crippen LogP contribution is 2.37. The molecule has 0 saturated heterocycles. The second kappa shape index (κ2) is 6.40. The van der Waals surface area contributed by atoms with Crippen molar-refractivity contribution < 1.29 is 13.5 Å². The third-order valence-electron chi connectivity index (χ3n) is 3.75. The molecule has 2 aromatic carbocycles. The average molecular weight is 325 g/mol. The van der Waals surface area contributed by atoms with Crippen molar-refractivity contribution in [2.24, 2.45) is 0 Å². The molecule has 0 unspecified atom stereocenters. The molecule has 122 valence electrons. The summed E-state index contributed by atoms with van der Waals surface area (Å²) >= 11 is 0. The lowest BCUT2D eigenvalue weighted by Gasteiger charge is -2.17.